The van der Waals surface area contributed by atoms with Crippen molar-refractivity contribution in [2.45, 2.75) is 19.4 Å². The first-order chi connectivity index (χ1) is 10.2. The molecule has 0 saturated heterocycles. The molecule has 0 bridgehead atoms. The van der Waals surface area contributed by atoms with E-state index in [1.165, 1.54) is 11.1 Å². The highest BCUT2D eigenvalue weighted by atomic mass is 16.3. The second-order valence-corrected chi connectivity index (χ2v) is 5.26. The van der Waals surface area contributed by atoms with Crippen LogP contribution in [0.4, 0.5) is 5.69 Å². The van der Waals surface area contributed by atoms with Gasteiger partial charge in [0.2, 0.25) is 5.91 Å². The van der Waals surface area contributed by atoms with Crippen LogP contribution in [0.25, 0.3) is 0 Å². The Labute approximate surface area is 123 Å². The van der Waals surface area contributed by atoms with Gasteiger partial charge in [-0.15, -0.1) is 0 Å². The standard InChI is InChI=1S/C17H18N2O2/c20-14-5-1-3-12(9-14)10-17(21)19-16-6-2-4-13-7-8-18-11-15(13)16/h1-6,9,18,20H,7-8,10-11H2,(H,19,21). The van der Waals surface area contributed by atoms with E-state index >= 15 is 0 Å². The van der Waals surface area contributed by atoms with Gasteiger partial charge in [-0.25, -0.2) is 0 Å². The van der Waals surface area contributed by atoms with Gasteiger partial charge in [-0.2, -0.15) is 0 Å². The average molecular weight is 282 g/mol. The maximum Gasteiger partial charge on any atom is 0.228 e. The monoisotopic (exact) mass is 282 g/mol. The van der Waals surface area contributed by atoms with Gasteiger partial charge in [0.15, 0.2) is 0 Å². The summed E-state index contributed by atoms with van der Waals surface area (Å²) >= 11 is 0. The number of phenolic OH excluding ortho intramolecular Hbond substituents is 1. The van der Waals surface area contributed by atoms with Crippen molar-refractivity contribution in [3.63, 3.8) is 0 Å². The van der Waals surface area contributed by atoms with Crippen LogP contribution in [0, 0.1) is 0 Å². The zero-order chi connectivity index (χ0) is 14.7. The lowest BCUT2D eigenvalue weighted by Crippen LogP contribution is -2.25. The highest BCUT2D eigenvalue weighted by Gasteiger charge is 2.14. The lowest BCUT2D eigenvalue weighted by Gasteiger charge is -2.20. The van der Waals surface area contributed by atoms with Crippen LogP contribution < -0.4 is 10.6 Å². The molecule has 2 aromatic carbocycles. The fraction of sp³-hybridized carbons (Fsp3) is 0.235. The minimum atomic E-state index is -0.0698. The van der Waals surface area contributed by atoms with Gasteiger partial charge in [0.05, 0.1) is 6.42 Å². The predicted molar refractivity (Wildman–Crippen MR) is 82.3 cm³/mol. The number of fused-ring (bicyclic) bond motifs is 1. The van der Waals surface area contributed by atoms with Crippen molar-refractivity contribution < 1.29 is 9.90 Å². The molecule has 2 aromatic rings. The molecule has 4 nitrogen and oxygen atoms in total. The number of anilines is 1. The fourth-order valence-electron chi connectivity index (χ4n) is 2.68. The molecule has 1 amide bonds. The smallest absolute Gasteiger partial charge is 0.228 e. The first-order valence-corrected chi connectivity index (χ1v) is 7.11. The lowest BCUT2D eigenvalue weighted by molar-refractivity contribution is -0.115. The first-order valence-electron chi connectivity index (χ1n) is 7.11. The van der Waals surface area contributed by atoms with Crippen LogP contribution in [0.2, 0.25) is 0 Å². The number of carbonyl (C=O) groups is 1. The average Bonchev–Trinajstić information content (AvgIpc) is 2.47. The second kappa shape index (κ2) is 5.97. The van der Waals surface area contributed by atoms with E-state index in [1.54, 1.807) is 18.2 Å². The highest BCUT2D eigenvalue weighted by Crippen LogP contribution is 2.23. The van der Waals surface area contributed by atoms with E-state index in [0.717, 1.165) is 30.8 Å². The number of hydrogen-bond acceptors (Lipinski definition) is 3. The number of nitrogens with one attached hydrogen (secondary N) is 2. The molecule has 21 heavy (non-hydrogen) atoms. The number of aromatic hydroxyl groups is 1. The van der Waals surface area contributed by atoms with Gasteiger partial charge in [-0.05, 0) is 47.9 Å². The second-order valence-electron chi connectivity index (χ2n) is 5.26. The third-order valence-electron chi connectivity index (χ3n) is 3.70. The van der Waals surface area contributed by atoms with Gasteiger partial charge in [0, 0.05) is 12.2 Å². The van der Waals surface area contributed by atoms with E-state index in [4.69, 9.17) is 0 Å². The number of carbonyl (C=O) groups excluding carboxylic acids is 1. The van der Waals surface area contributed by atoms with E-state index < -0.39 is 0 Å². The summed E-state index contributed by atoms with van der Waals surface area (Å²) in [6, 6.07) is 12.8. The Kier molecular flexibility index (Phi) is 3.88. The van der Waals surface area contributed by atoms with Crippen molar-refractivity contribution in [2.24, 2.45) is 0 Å². The molecule has 3 rings (SSSR count). The highest BCUT2D eigenvalue weighted by molar-refractivity contribution is 5.93. The summed E-state index contributed by atoms with van der Waals surface area (Å²) in [6.45, 7) is 1.77. The molecule has 4 heteroatoms. The first kappa shape index (κ1) is 13.6. The molecule has 1 aliphatic heterocycles. The van der Waals surface area contributed by atoms with E-state index in [2.05, 4.69) is 16.7 Å². The van der Waals surface area contributed by atoms with Gasteiger partial charge in [0.1, 0.15) is 5.75 Å². The van der Waals surface area contributed by atoms with Gasteiger partial charge >= 0.3 is 0 Å². The number of phenols is 1. The molecule has 3 N–H and O–H groups in total. The van der Waals surface area contributed by atoms with Crippen molar-refractivity contribution in [1.29, 1.82) is 0 Å². The quantitative estimate of drug-likeness (QED) is 0.809. The van der Waals surface area contributed by atoms with Gasteiger partial charge in [-0.3, -0.25) is 4.79 Å². The van der Waals surface area contributed by atoms with E-state index in [9.17, 15) is 9.90 Å². The molecule has 0 aliphatic carbocycles. The Morgan fingerprint density at radius 2 is 2.10 bits per heavy atom. The number of hydrogen-bond donors (Lipinski definition) is 3. The molecule has 108 valence electrons. The van der Waals surface area contributed by atoms with E-state index in [-0.39, 0.29) is 18.1 Å². The SMILES string of the molecule is O=C(Cc1cccc(O)c1)Nc1cccc2c1CNCC2. The van der Waals surface area contributed by atoms with Gasteiger partial charge < -0.3 is 15.7 Å². The maximum absolute atomic E-state index is 12.2. The third kappa shape index (κ3) is 3.23. The summed E-state index contributed by atoms with van der Waals surface area (Å²) in [7, 11) is 0. The van der Waals surface area contributed by atoms with Crippen molar-refractivity contribution >= 4 is 11.6 Å². The minimum absolute atomic E-state index is 0.0698. The summed E-state index contributed by atoms with van der Waals surface area (Å²) < 4.78 is 0. The molecule has 0 saturated carbocycles. The van der Waals surface area contributed by atoms with Crippen LogP contribution in [0.5, 0.6) is 5.75 Å². The van der Waals surface area contributed by atoms with Crippen molar-refractivity contribution in [2.75, 3.05) is 11.9 Å². The van der Waals surface area contributed by atoms with Crippen LogP contribution >= 0.6 is 0 Å². The summed E-state index contributed by atoms with van der Waals surface area (Å²) in [5, 5.41) is 15.7. The molecular formula is C17H18N2O2. The Morgan fingerprint density at radius 3 is 2.95 bits per heavy atom. The molecular weight excluding hydrogens is 264 g/mol. The zero-order valence-corrected chi connectivity index (χ0v) is 11.7. The molecule has 1 aliphatic rings. The molecule has 0 radical (unpaired) electrons. The van der Waals surface area contributed by atoms with Crippen LogP contribution in [0.15, 0.2) is 42.5 Å². The number of rotatable bonds is 3. The van der Waals surface area contributed by atoms with Crippen LogP contribution in [0.3, 0.4) is 0 Å². The molecule has 1 heterocycles. The van der Waals surface area contributed by atoms with Crippen LogP contribution in [-0.2, 0) is 24.2 Å². The largest absolute Gasteiger partial charge is 0.508 e. The van der Waals surface area contributed by atoms with Crippen LogP contribution in [0.1, 0.15) is 16.7 Å². The topological polar surface area (TPSA) is 61.4 Å². The maximum atomic E-state index is 12.2. The van der Waals surface area contributed by atoms with E-state index in [1.807, 2.05) is 18.2 Å². The molecule has 0 unspecified atom stereocenters. The molecule has 0 spiro atoms. The van der Waals surface area contributed by atoms with Gasteiger partial charge in [-0.1, -0.05) is 24.3 Å². The summed E-state index contributed by atoms with van der Waals surface area (Å²) in [5.41, 5.74) is 4.15. The van der Waals surface area contributed by atoms with Crippen LogP contribution in [-0.4, -0.2) is 17.6 Å². The fourth-order valence-corrected chi connectivity index (χ4v) is 2.68. The lowest BCUT2D eigenvalue weighted by atomic mass is 9.99. The van der Waals surface area contributed by atoms with E-state index in [0.29, 0.717) is 0 Å². The predicted octanol–water partition coefficient (Wildman–Crippen LogP) is 2.22. The summed E-state index contributed by atoms with van der Waals surface area (Å²) in [5.74, 6) is 0.112. The molecule has 0 atom stereocenters. The Morgan fingerprint density at radius 1 is 1.24 bits per heavy atom. The minimum Gasteiger partial charge on any atom is -0.508 e. The zero-order valence-electron chi connectivity index (χ0n) is 11.7. The summed E-state index contributed by atoms with van der Waals surface area (Å²) in [4.78, 5) is 12.2. The summed E-state index contributed by atoms with van der Waals surface area (Å²) in [6.07, 6.45) is 1.25. The number of benzene rings is 2. The number of amides is 1. The Hall–Kier alpha value is -2.33. The molecule has 0 aromatic heterocycles. The van der Waals surface area contributed by atoms with Crippen molar-refractivity contribution in [3.05, 3.63) is 59.2 Å². The third-order valence-corrected chi connectivity index (χ3v) is 3.70. The normalized spacial score (nSPS) is 13.5. The van der Waals surface area contributed by atoms with Gasteiger partial charge in [0.25, 0.3) is 0 Å². The van der Waals surface area contributed by atoms with Crippen molar-refractivity contribution in [1.82, 2.24) is 5.32 Å². The Balaban J connectivity index is 1.73. The molecule has 0 fully saturated rings. The Bertz CT molecular complexity index is 668. The van der Waals surface area contributed by atoms with Crippen molar-refractivity contribution in [3.8, 4) is 5.75 Å².